The van der Waals surface area contributed by atoms with Crippen LogP contribution >= 0.6 is 0 Å². The third-order valence-corrected chi connectivity index (χ3v) is 5.84. The van der Waals surface area contributed by atoms with Crippen molar-refractivity contribution in [3.63, 3.8) is 0 Å². The molecule has 0 radical (unpaired) electrons. The first kappa shape index (κ1) is 18.7. The molecule has 0 bridgehead atoms. The Morgan fingerprint density at radius 2 is 2.13 bits per heavy atom. The van der Waals surface area contributed by atoms with Crippen molar-refractivity contribution >= 4 is 28.3 Å². The summed E-state index contributed by atoms with van der Waals surface area (Å²) in [6, 6.07) is 5.84. The number of aryl methyl sites for hydroxylation is 2. The molecule has 0 unspecified atom stereocenters. The van der Waals surface area contributed by atoms with E-state index >= 15 is 0 Å². The molecule has 1 amide bonds. The van der Waals surface area contributed by atoms with Gasteiger partial charge in [0.05, 0.1) is 35.3 Å². The van der Waals surface area contributed by atoms with Crippen LogP contribution in [-0.2, 0) is 7.05 Å². The molecule has 1 aliphatic rings. The van der Waals surface area contributed by atoms with E-state index < -0.39 is 0 Å². The molecule has 1 fully saturated rings. The second kappa shape index (κ2) is 6.63. The second-order valence-electron chi connectivity index (χ2n) is 8.90. The number of nitrogens with zero attached hydrogens (tertiary/aromatic N) is 5. The maximum Gasteiger partial charge on any atom is 0.256 e. The van der Waals surface area contributed by atoms with E-state index in [1.165, 1.54) is 0 Å². The number of fused-ring (bicyclic) bond motifs is 2. The molecule has 1 aromatic carbocycles. The molecule has 0 spiro atoms. The Morgan fingerprint density at radius 1 is 1.30 bits per heavy atom. The summed E-state index contributed by atoms with van der Waals surface area (Å²) in [6.45, 7) is 7.46. The quantitative estimate of drug-likeness (QED) is 0.548. The number of nitrogens with one attached hydrogen (secondary N) is 2. The van der Waals surface area contributed by atoms with Gasteiger partial charge in [-0.05, 0) is 30.9 Å². The summed E-state index contributed by atoms with van der Waals surface area (Å²) in [5.74, 6) is 0.277. The lowest BCUT2D eigenvalue weighted by atomic mass is 9.90. The van der Waals surface area contributed by atoms with Gasteiger partial charge in [-0.2, -0.15) is 5.10 Å². The van der Waals surface area contributed by atoms with Crippen LogP contribution < -0.4 is 10.6 Å². The first-order valence-corrected chi connectivity index (χ1v) is 10.1. The van der Waals surface area contributed by atoms with Gasteiger partial charge in [-0.25, -0.2) is 9.97 Å². The van der Waals surface area contributed by atoms with Crippen LogP contribution in [0.5, 0.6) is 0 Å². The number of hydrogen-bond donors (Lipinski definition) is 2. The number of anilines is 1. The minimum atomic E-state index is -0.206. The predicted octanol–water partition coefficient (Wildman–Crippen LogP) is 3.24. The van der Waals surface area contributed by atoms with Crippen molar-refractivity contribution < 1.29 is 4.79 Å². The molecular weight excluding hydrogens is 378 g/mol. The zero-order valence-corrected chi connectivity index (χ0v) is 17.6. The Morgan fingerprint density at radius 3 is 2.90 bits per heavy atom. The van der Waals surface area contributed by atoms with Crippen molar-refractivity contribution in [1.29, 1.82) is 0 Å². The fourth-order valence-electron chi connectivity index (χ4n) is 4.22. The maximum atomic E-state index is 12.8. The Labute approximate surface area is 174 Å². The lowest BCUT2D eigenvalue weighted by Gasteiger charge is -2.14. The Hall–Kier alpha value is -3.26. The first-order chi connectivity index (χ1) is 14.3. The Kier molecular flexibility index (Phi) is 4.14. The fraction of sp³-hybridized carbons (Fsp3) is 0.364. The van der Waals surface area contributed by atoms with Crippen LogP contribution in [0, 0.1) is 12.3 Å². The van der Waals surface area contributed by atoms with Gasteiger partial charge in [-0.15, -0.1) is 0 Å². The highest BCUT2D eigenvalue weighted by molar-refractivity contribution is 6.05. The molecule has 8 heteroatoms. The van der Waals surface area contributed by atoms with E-state index in [-0.39, 0.29) is 17.4 Å². The molecular formula is C22H25N7O. The van der Waals surface area contributed by atoms with Crippen LogP contribution in [0.25, 0.3) is 16.6 Å². The van der Waals surface area contributed by atoms with E-state index in [1.807, 2.05) is 42.8 Å². The predicted molar refractivity (Wildman–Crippen MR) is 116 cm³/mol. The fourth-order valence-corrected chi connectivity index (χ4v) is 4.22. The van der Waals surface area contributed by atoms with Gasteiger partial charge < -0.3 is 15.0 Å². The Bertz CT molecular complexity index is 1280. The highest BCUT2D eigenvalue weighted by Crippen LogP contribution is 2.35. The van der Waals surface area contributed by atoms with Gasteiger partial charge in [-0.3, -0.25) is 9.48 Å². The van der Waals surface area contributed by atoms with E-state index in [2.05, 4.69) is 34.6 Å². The minimum absolute atomic E-state index is 0.206. The van der Waals surface area contributed by atoms with Gasteiger partial charge in [0.1, 0.15) is 5.82 Å². The number of carbonyl (C=O) groups is 1. The third kappa shape index (κ3) is 3.23. The van der Waals surface area contributed by atoms with E-state index in [1.54, 1.807) is 17.1 Å². The normalized spacial score (nSPS) is 18.3. The molecule has 8 nitrogen and oxygen atoms in total. The van der Waals surface area contributed by atoms with Crippen LogP contribution in [0.2, 0.25) is 0 Å². The smallest absolute Gasteiger partial charge is 0.256 e. The highest BCUT2D eigenvalue weighted by atomic mass is 16.1. The van der Waals surface area contributed by atoms with Crippen LogP contribution in [0.3, 0.4) is 0 Å². The third-order valence-electron chi connectivity index (χ3n) is 5.84. The molecule has 5 rings (SSSR count). The molecule has 3 aromatic heterocycles. The van der Waals surface area contributed by atoms with Crippen molar-refractivity contribution in [2.24, 2.45) is 12.5 Å². The molecule has 30 heavy (non-hydrogen) atoms. The van der Waals surface area contributed by atoms with Crippen molar-refractivity contribution in [2.45, 2.75) is 33.2 Å². The second-order valence-corrected chi connectivity index (χ2v) is 8.90. The SMILES string of the molecule is Cc1nn(C)c2cc(C(=O)Nc3cn4cc([C@H]5CC(C)(C)CN5)nc4cn3)ccc12. The van der Waals surface area contributed by atoms with E-state index in [4.69, 9.17) is 4.98 Å². The standard InChI is InChI=1S/C22H25N7O/c1-13-15-6-5-14(7-18(15)28(4)27-13)21(30)26-19-11-29-10-17(25-20(29)9-23-19)16-8-22(2,3)12-24-16/h5-7,9-11,16,24H,8,12H2,1-4H3,(H,26,30)/t16-/m1/s1. The number of amides is 1. The average molecular weight is 403 g/mol. The number of rotatable bonds is 3. The first-order valence-electron chi connectivity index (χ1n) is 10.1. The number of aromatic nitrogens is 5. The molecule has 0 aliphatic carbocycles. The number of hydrogen-bond acceptors (Lipinski definition) is 5. The van der Waals surface area contributed by atoms with Gasteiger partial charge in [-0.1, -0.05) is 19.9 Å². The summed E-state index contributed by atoms with van der Waals surface area (Å²) in [5.41, 5.74) is 4.48. The van der Waals surface area contributed by atoms with Crippen molar-refractivity contribution in [1.82, 2.24) is 29.5 Å². The van der Waals surface area contributed by atoms with Crippen LogP contribution in [0.1, 0.15) is 48.1 Å². The monoisotopic (exact) mass is 403 g/mol. The molecule has 1 saturated heterocycles. The summed E-state index contributed by atoms with van der Waals surface area (Å²) in [7, 11) is 1.88. The molecule has 2 N–H and O–H groups in total. The summed E-state index contributed by atoms with van der Waals surface area (Å²) < 4.78 is 3.70. The molecule has 1 atom stereocenters. The van der Waals surface area contributed by atoms with Crippen molar-refractivity contribution in [2.75, 3.05) is 11.9 Å². The Balaban J connectivity index is 1.38. The number of benzene rings is 1. The molecule has 1 aliphatic heterocycles. The van der Waals surface area contributed by atoms with Gasteiger partial charge in [0.25, 0.3) is 5.91 Å². The summed E-state index contributed by atoms with van der Waals surface area (Å²) in [6.07, 6.45) is 6.55. The molecule has 154 valence electrons. The minimum Gasteiger partial charge on any atom is -0.308 e. The van der Waals surface area contributed by atoms with Gasteiger partial charge in [0, 0.05) is 30.7 Å². The maximum absolute atomic E-state index is 12.8. The molecule has 4 heterocycles. The van der Waals surface area contributed by atoms with Crippen molar-refractivity contribution in [3.05, 3.63) is 53.7 Å². The van der Waals surface area contributed by atoms with E-state index in [0.29, 0.717) is 11.4 Å². The van der Waals surface area contributed by atoms with E-state index in [9.17, 15) is 4.79 Å². The summed E-state index contributed by atoms with van der Waals surface area (Å²) in [5, 5.41) is 11.9. The van der Waals surface area contributed by atoms with Crippen LogP contribution in [0.4, 0.5) is 5.82 Å². The van der Waals surface area contributed by atoms with Crippen LogP contribution in [-0.4, -0.2) is 36.6 Å². The van der Waals surface area contributed by atoms with E-state index in [0.717, 1.165) is 40.9 Å². The zero-order chi connectivity index (χ0) is 21.0. The van der Waals surface area contributed by atoms with Crippen LogP contribution in [0.15, 0.2) is 36.8 Å². The average Bonchev–Trinajstić information content (AvgIpc) is 3.36. The largest absolute Gasteiger partial charge is 0.308 e. The summed E-state index contributed by atoms with van der Waals surface area (Å²) in [4.78, 5) is 21.9. The lowest BCUT2D eigenvalue weighted by molar-refractivity contribution is 0.102. The van der Waals surface area contributed by atoms with Gasteiger partial charge in [0.2, 0.25) is 0 Å². The van der Waals surface area contributed by atoms with Gasteiger partial charge >= 0.3 is 0 Å². The highest BCUT2D eigenvalue weighted by Gasteiger charge is 2.32. The van der Waals surface area contributed by atoms with Crippen molar-refractivity contribution in [3.8, 4) is 0 Å². The molecule has 0 saturated carbocycles. The van der Waals surface area contributed by atoms with Gasteiger partial charge in [0.15, 0.2) is 5.65 Å². The lowest BCUT2D eigenvalue weighted by Crippen LogP contribution is -2.16. The molecule has 4 aromatic rings. The summed E-state index contributed by atoms with van der Waals surface area (Å²) >= 11 is 0. The topological polar surface area (TPSA) is 89.1 Å². The number of imidazole rings is 1. The number of carbonyl (C=O) groups excluding carboxylic acids is 1. The zero-order valence-electron chi connectivity index (χ0n) is 17.6.